The quantitative estimate of drug-likeness (QED) is 0.845. The predicted molar refractivity (Wildman–Crippen MR) is 66.9 cm³/mol. The topological polar surface area (TPSA) is 65.0 Å². The molecule has 0 heterocycles. The molecule has 18 heavy (non-hydrogen) atoms. The van der Waals surface area contributed by atoms with Crippen LogP contribution in [0.1, 0.15) is 30.6 Å². The van der Waals surface area contributed by atoms with Crippen LogP contribution in [0.4, 0.5) is 0 Å². The summed E-state index contributed by atoms with van der Waals surface area (Å²) in [6.07, 6.45) is 0.816. The van der Waals surface area contributed by atoms with Crippen molar-refractivity contribution in [2.24, 2.45) is 0 Å². The van der Waals surface area contributed by atoms with Gasteiger partial charge in [-0.05, 0) is 25.5 Å². The normalized spacial score (nSPS) is 11.8. The van der Waals surface area contributed by atoms with Crippen LogP contribution < -0.4 is 14.2 Å². The SMILES string of the molecule is CCC(C)Oc1c(OC)cc(C(=O)O)cc1OC. The number of carbonyl (C=O) groups is 1. The summed E-state index contributed by atoms with van der Waals surface area (Å²) < 4.78 is 16.0. The van der Waals surface area contributed by atoms with Gasteiger partial charge in [-0.25, -0.2) is 4.79 Å². The molecule has 1 N–H and O–H groups in total. The van der Waals surface area contributed by atoms with Crippen LogP contribution in [0.2, 0.25) is 0 Å². The van der Waals surface area contributed by atoms with Crippen LogP contribution >= 0.6 is 0 Å². The highest BCUT2D eigenvalue weighted by Gasteiger charge is 2.18. The molecule has 1 aromatic rings. The molecular formula is C13H18O5. The molecule has 5 heteroatoms. The molecule has 0 aliphatic rings. The van der Waals surface area contributed by atoms with Crippen LogP contribution in [0.3, 0.4) is 0 Å². The summed E-state index contributed by atoms with van der Waals surface area (Å²) >= 11 is 0. The maximum Gasteiger partial charge on any atom is 0.335 e. The second-order valence-corrected chi connectivity index (χ2v) is 3.85. The van der Waals surface area contributed by atoms with Crippen LogP contribution in [-0.4, -0.2) is 31.4 Å². The van der Waals surface area contributed by atoms with E-state index in [1.54, 1.807) is 0 Å². The smallest absolute Gasteiger partial charge is 0.335 e. The van der Waals surface area contributed by atoms with Gasteiger partial charge in [0.1, 0.15) is 0 Å². The standard InChI is InChI=1S/C13H18O5/c1-5-8(2)18-12-10(16-3)6-9(13(14)15)7-11(12)17-4/h6-8H,5H2,1-4H3,(H,14,15). The average Bonchev–Trinajstić information content (AvgIpc) is 2.38. The van der Waals surface area contributed by atoms with Crippen molar-refractivity contribution < 1.29 is 24.1 Å². The fourth-order valence-corrected chi connectivity index (χ4v) is 1.40. The molecule has 1 atom stereocenters. The molecule has 0 radical (unpaired) electrons. The Labute approximate surface area is 106 Å². The zero-order chi connectivity index (χ0) is 13.7. The van der Waals surface area contributed by atoms with E-state index < -0.39 is 5.97 Å². The number of ether oxygens (including phenoxy) is 3. The third-order valence-corrected chi connectivity index (χ3v) is 2.60. The second kappa shape index (κ2) is 6.14. The summed E-state index contributed by atoms with van der Waals surface area (Å²) in [7, 11) is 2.92. The predicted octanol–water partition coefficient (Wildman–Crippen LogP) is 2.58. The number of methoxy groups -OCH3 is 2. The third-order valence-electron chi connectivity index (χ3n) is 2.60. The molecule has 0 aliphatic carbocycles. The van der Waals surface area contributed by atoms with E-state index in [4.69, 9.17) is 19.3 Å². The zero-order valence-electron chi connectivity index (χ0n) is 11.0. The van der Waals surface area contributed by atoms with Gasteiger partial charge in [0.2, 0.25) is 5.75 Å². The molecule has 0 aromatic heterocycles. The molecule has 0 amide bonds. The van der Waals surface area contributed by atoms with Gasteiger partial charge in [0, 0.05) is 0 Å². The Morgan fingerprint density at radius 3 is 2.11 bits per heavy atom. The van der Waals surface area contributed by atoms with Crippen LogP contribution in [0.25, 0.3) is 0 Å². The van der Waals surface area contributed by atoms with E-state index in [9.17, 15) is 4.79 Å². The third kappa shape index (κ3) is 3.06. The lowest BCUT2D eigenvalue weighted by Gasteiger charge is -2.18. The number of hydrogen-bond donors (Lipinski definition) is 1. The fraction of sp³-hybridized carbons (Fsp3) is 0.462. The van der Waals surface area contributed by atoms with Gasteiger partial charge in [-0.2, -0.15) is 0 Å². The first kappa shape index (κ1) is 14.2. The first-order valence-corrected chi connectivity index (χ1v) is 5.69. The minimum atomic E-state index is -1.04. The van der Waals surface area contributed by atoms with Gasteiger partial charge < -0.3 is 19.3 Å². The maximum absolute atomic E-state index is 11.0. The van der Waals surface area contributed by atoms with Gasteiger partial charge in [0.05, 0.1) is 25.9 Å². The molecule has 0 saturated carbocycles. The fourth-order valence-electron chi connectivity index (χ4n) is 1.40. The zero-order valence-corrected chi connectivity index (χ0v) is 11.0. The Morgan fingerprint density at radius 1 is 1.28 bits per heavy atom. The van der Waals surface area contributed by atoms with Gasteiger partial charge in [-0.3, -0.25) is 0 Å². The highest BCUT2D eigenvalue weighted by molar-refractivity contribution is 5.89. The molecule has 0 saturated heterocycles. The lowest BCUT2D eigenvalue weighted by atomic mass is 10.2. The van der Waals surface area contributed by atoms with E-state index >= 15 is 0 Å². The Bertz CT molecular complexity index is 402. The Hall–Kier alpha value is -1.91. The van der Waals surface area contributed by atoms with Crippen molar-refractivity contribution in [2.45, 2.75) is 26.4 Å². The van der Waals surface area contributed by atoms with Gasteiger partial charge in [-0.15, -0.1) is 0 Å². The molecule has 0 bridgehead atoms. The highest BCUT2D eigenvalue weighted by atomic mass is 16.5. The minimum absolute atomic E-state index is 0.0107. The first-order valence-electron chi connectivity index (χ1n) is 5.69. The van der Waals surface area contributed by atoms with E-state index in [2.05, 4.69) is 0 Å². The van der Waals surface area contributed by atoms with Crippen LogP contribution in [0, 0.1) is 0 Å². The second-order valence-electron chi connectivity index (χ2n) is 3.85. The van der Waals surface area contributed by atoms with E-state index in [1.807, 2.05) is 13.8 Å². The molecule has 1 unspecified atom stereocenters. The molecule has 100 valence electrons. The Morgan fingerprint density at radius 2 is 1.78 bits per heavy atom. The van der Waals surface area contributed by atoms with E-state index in [0.717, 1.165) is 6.42 Å². The largest absolute Gasteiger partial charge is 0.493 e. The number of aromatic carboxylic acids is 1. The van der Waals surface area contributed by atoms with Crippen molar-refractivity contribution in [1.29, 1.82) is 0 Å². The van der Waals surface area contributed by atoms with Crippen LogP contribution in [0.5, 0.6) is 17.2 Å². The van der Waals surface area contributed by atoms with Gasteiger partial charge >= 0.3 is 5.97 Å². The summed E-state index contributed by atoms with van der Waals surface area (Å²) in [5.41, 5.74) is 0.0974. The number of rotatable bonds is 6. The van der Waals surface area contributed by atoms with Crippen molar-refractivity contribution in [2.75, 3.05) is 14.2 Å². The molecular weight excluding hydrogens is 236 g/mol. The van der Waals surface area contributed by atoms with Crippen molar-refractivity contribution in [3.05, 3.63) is 17.7 Å². The Kier molecular flexibility index (Phi) is 4.83. The Balaban J connectivity index is 3.25. The van der Waals surface area contributed by atoms with Crippen molar-refractivity contribution in [3.63, 3.8) is 0 Å². The summed E-state index contributed by atoms with van der Waals surface area (Å²) in [6, 6.07) is 2.84. The summed E-state index contributed by atoms with van der Waals surface area (Å²) in [5, 5.41) is 8.99. The van der Waals surface area contributed by atoms with Crippen molar-refractivity contribution in [1.82, 2.24) is 0 Å². The molecule has 0 spiro atoms. The highest BCUT2D eigenvalue weighted by Crippen LogP contribution is 2.39. The summed E-state index contributed by atoms with van der Waals surface area (Å²) in [6.45, 7) is 3.92. The van der Waals surface area contributed by atoms with E-state index in [1.165, 1.54) is 26.4 Å². The molecule has 1 rings (SSSR count). The molecule has 0 fully saturated rings. The molecule has 0 aliphatic heterocycles. The van der Waals surface area contributed by atoms with E-state index in [0.29, 0.717) is 17.2 Å². The van der Waals surface area contributed by atoms with Gasteiger partial charge in [0.25, 0.3) is 0 Å². The summed E-state index contributed by atoms with van der Waals surface area (Å²) in [5.74, 6) is 0.0974. The number of carboxylic acid groups (broad SMARTS) is 1. The monoisotopic (exact) mass is 254 g/mol. The first-order chi connectivity index (χ1) is 8.53. The minimum Gasteiger partial charge on any atom is -0.493 e. The lowest BCUT2D eigenvalue weighted by molar-refractivity contribution is 0.0696. The van der Waals surface area contributed by atoms with Crippen LogP contribution in [-0.2, 0) is 0 Å². The number of hydrogen-bond acceptors (Lipinski definition) is 4. The van der Waals surface area contributed by atoms with E-state index in [-0.39, 0.29) is 11.7 Å². The number of benzene rings is 1. The lowest BCUT2D eigenvalue weighted by Crippen LogP contribution is -2.12. The number of carboxylic acids is 1. The summed E-state index contributed by atoms with van der Waals surface area (Å²) in [4.78, 5) is 11.0. The molecule has 5 nitrogen and oxygen atoms in total. The van der Waals surface area contributed by atoms with Gasteiger partial charge in [-0.1, -0.05) is 6.92 Å². The molecule has 1 aromatic carbocycles. The average molecular weight is 254 g/mol. The maximum atomic E-state index is 11.0. The van der Waals surface area contributed by atoms with Gasteiger partial charge in [0.15, 0.2) is 11.5 Å². The van der Waals surface area contributed by atoms with Crippen molar-refractivity contribution in [3.8, 4) is 17.2 Å². The van der Waals surface area contributed by atoms with Crippen molar-refractivity contribution >= 4 is 5.97 Å². The van der Waals surface area contributed by atoms with Crippen LogP contribution in [0.15, 0.2) is 12.1 Å².